The van der Waals surface area contributed by atoms with Gasteiger partial charge in [0.15, 0.2) is 11.7 Å². The normalized spacial score (nSPS) is 28.2. The van der Waals surface area contributed by atoms with Crippen LogP contribution in [0.1, 0.15) is 29.5 Å². The molecule has 200 valence electrons. The van der Waals surface area contributed by atoms with Crippen LogP contribution < -0.4 is 24.3 Å². The first-order valence-corrected chi connectivity index (χ1v) is 13.2. The Morgan fingerprint density at radius 3 is 2.36 bits per heavy atom. The molecule has 0 radical (unpaired) electrons. The minimum absolute atomic E-state index is 0.0913. The lowest BCUT2D eigenvalue weighted by atomic mass is 9.66. The summed E-state index contributed by atoms with van der Waals surface area (Å²) in [5.41, 5.74) is 0.274. The summed E-state index contributed by atoms with van der Waals surface area (Å²) in [4.78, 5) is 16.4. The van der Waals surface area contributed by atoms with E-state index in [-0.39, 0.29) is 12.1 Å². The van der Waals surface area contributed by atoms with Crippen LogP contribution in [0.15, 0.2) is 78.0 Å². The third-order valence-corrected chi connectivity index (χ3v) is 8.73. The molecule has 1 aliphatic carbocycles. The molecule has 0 saturated carbocycles. The van der Waals surface area contributed by atoms with Crippen LogP contribution in [0.3, 0.4) is 0 Å². The molecule has 3 aliphatic heterocycles. The average molecular weight is 527 g/mol. The number of fused-ring (bicyclic) bond motifs is 5. The zero-order valence-electron chi connectivity index (χ0n) is 22.1. The maximum absolute atomic E-state index is 14.5. The highest BCUT2D eigenvalue weighted by molar-refractivity contribution is 6.01. The Morgan fingerprint density at radius 2 is 1.67 bits per heavy atom. The number of ether oxygens (including phenoxy) is 4. The van der Waals surface area contributed by atoms with Crippen LogP contribution in [0, 0.1) is 0 Å². The van der Waals surface area contributed by atoms with Crippen LogP contribution in [0.2, 0.25) is 0 Å². The van der Waals surface area contributed by atoms with Gasteiger partial charge in [0.25, 0.3) is 5.91 Å². The van der Waals surface area contributed by atoms with Crippen LogP contribution in [0.25, 0.3) is 0 Å². The third-order valence-electron chi connectivity index (χ3n) is 8.73. The summed E-state index contributed by atoms with van der Waals surface area (Å²) in [5.74, 6) is 2.04. The number of carbonyl (C=O) groups excluding carboxylic acids is 1. The smallest absolute Gasteiger partial charge is 0.254 e. The SMILES string of the molecule is COc1ccc([C@]2(c3ccccc3)C3=C(N[C@H]4CCCN4C3=O)[C@@]3(O)c4c(OC)cc(OC)cc4O[C@H]23)cc1. The molecule has 3 heterocycles. The zero-order chi connectivity index (χ0) is 26.9. The standard InChI is InChI=1S/C31H30N2O6/c1-36-20-13-11-19(12-14-20)30(18-8-5-4-6-9-18)26-27(32-24-10-7-15-33(24)28(26)34)31(35)25-22(38-3)16-21(37-2)17-23(25)39-29(30)31/h4-6,8-9,11-14,16-17,24,29,32,35H,7,10,15H2,1-3H3/t24-,29-,30-,31+/m1/s1. The minimum Gasteiger partial charge on any atom is -0.497 e. The molecule has 2 N–H and O–H groups in total. The van der Waals surface area contributed by atoms with Crippen LogP contribution in [-0.2, 0) is 15.8 Å². The summed E-state index contributed by atoms with van der Waals surface area (Å²) < 4.78 is 23.5. The van der Waals surface area contributed by atoms with Gasteiger partial charge in [0.1, 0.15) is 29.2 Å². The Bertz CT molecular complexity index is 1500. The molecule has 0 aromatic heterocycles. The van der Waals surface area contributed by atoms with Gasteiger partial charge >= 0.3 is 0 Å². The monoisotopic (exact) mass is 526 g/mol. The van der Waals surface area contributed by atoms with Gasteiger partial charge < -0.3 is 34.3 Å². The van der Waals surface area contributed by atoms with Crippen LogP contribution >= 0.6 is 0 Å². The van der Waals surface area contributed by atoms with Gasteiger partial charge in [-0.3, -0.25) is 4.79 Å². The molecule has 3 aromatic carbocycles. The van der Waals surface area contributed by atoms with Crippen molar-refractivity contribution < 1.29 is 28.8 Å². The number of amides is 1. The van der Waals surface area contributed by atoms with Crippen molar-refractivity contribution in [3.05, 3.63) is 94.7 Å². The van der Waals surface area contributed by atoms with Crippen molar-refractivity contribution in [2.45, 2.75) is 36.1 Å². The molecule has 1 amide bonds. The van der Waals surface area contributed by atoms with Gasteiger partial charge in [-0.2, -0.15) is 0 Å². The second-order valence-electron chi connectivity index (χ2n) is 10.4. The molecule has 0 unspecified atom stereocenters. The molecule has 0 spiro atoms. The van der Waals surface area contributed by atoms with E-state index in [1.54, 1.807) is 33.5 Å². The summed E-state index contributed by atoms with van der Waals surface area (Å²) >= 11 is 0. The molecule has 4 atom stereocenters. The van der Waals surface area contributed by atoms with Crippen LogP contribution in [-0.4, -0.2) is 56.1 Å². The molecule has 3 aromatic rings. The van der Waals surface area contributed by atoms with E-state index in [9.17, 15) is 9.90 Å². The molecule has 8 nitrogen and oxygen atoms in total. The Morgan fingerprint density at radius 1 is 0.949 bits per heavy atom. The molecule has 0 bridgehead atoms. The van der Waals surface area contributed by atoms with Crippen LogP contribution in [0.4, 0.5) is 0 Å². The predicted molar refractivity (Wildman–Crippen MR) is 143 cm³/mol. The first-order valence-electron chi connectivity index (χ1n) is 13.2. The molecule has 1 saturated heterocycles. The molecule has 39 heavy (non-hydrogen) atoms. The van der Waals surface area contributed by atoms with Crippen LogP contribution in [0.5, 0.6) is 23.0 Å². The highest BCUT2D eigenvalue weighted by atomic mass is 16.5. The number of aliphatic hydroxyl groups is 1. The van der Waals surface area contributed by atoms with Gasteiger partial charge in [-0.1, -0.05) is 42.5 Å². The van der Waals surface area contributed by atoms with Crippen molar-refractivity contribution in [3.8, 4) is 23.0 Å². The molecule has 1 fully saturated rings. The van der Waals surface area contributed by atoms with Gasteiger partial charge in [-0.15, -0.1) is 0 Å². The summed E-state index contributed by atoms with van der Waals surface area (Å²) in [6.07, 6.45) is 0.590. The first-order chi connectivity index (χ1) is 19.0. The molecule has 4 aliphatic rings. The Hall–Kier alpha value is -4.17. The third kappa shape index (κ3) is 2.95. The zero-order valence-corrected chi connectivity index (χ0v) is 22.1. The molecule has 8 heteroatoms. The molecular formula is C31H30N2O6. The maximum Gasteiger partial charge on any atom is 0.254 e. The number of nitrogens with one attached hydrogen (secondary N) is 1. The minimum atomic E-state index is -1.69. The van der Waals surface area contributed by atoms with Crippen molar-refractivity contribution in [3.63, 3.8) is 0 Å². The first kappa shape index (κ1) is 23.9. The number of nitrogens with zero attached hydrogens (tertiary/aromatic N) is 1. The lowest BCUT2D eigenvalue weighted by Crippen LogP contribution is -2.53. The Kier molecular flexibility index (Phi) is 5.16. The number of carbonyl (C=O) groups is 1. The Balaban J connectivity index is 1.59. The van der Waals surface area contributed by atoms with Crippen molar-refractivity contribution >= 4 is 5.91 Å². The number of hydrogen-bond donors (Lipinski definition) is 2. The fraction of sp³-hybridized carbons (Fsp3) is 0.323. The number of hydrogen-bond acceptors (Lipinski definition) is 7. The van der Waals surface area contributed by atoms with E-state index in [1.807, 2.05) is 59.5 Å². The number of benzene rings is 3. The fourth-order valence-electron chi connectivity index (χ4n) is 7.07. The van der Waals surface area contributed by atoms with Gasteiger partial charge in [0, 0.05) is 18.7 Å². The lowest BCUT2D eigenvalue weighted by molar-refractivity contribution is -0.130. The Labute approximate surface area is 226 Å². The van der Waals surface area contributed by atoms with E-state index in [1.165, 1.54) is 0 Å². The molecule has 7 rings (SSSR count). The summed E-state index contributed by atoms with van der Waals surface area (Å²) in [7, 11) is 4.76. The second-order valence-corrected chi connectivity index (χ2v) is 10.4. The quantitative estimate of drug-likeness (QED) is 0.526. The summed E-state index contributed by atoms with van der Waals surface area (Å²) in [6.45, 7) is 0.655. The van der Waals surface area contributed by atoms with E-state index < -0.39 is 17.1 Å². The summed E-state index contributed by atoms with van der Waals surface area (Å²) in [6, 6.07) is 21.0. The van der Waals surface area contributed by atoms with E-state index in [4.69, 9.17) is 18.9 Å². The van der Waals surface area contributed by atoms with E-state index in [0.29, 0.717) is 46.4 Å². The second kappa shape index (κ2) is 8.41. The van der Waals surface area contributed by atoms with E-state index in [0.717, 1.165) is 24.0 Å². The number of methoxy groups -OCH3 is 3. The fourth-order valence-corrected chi connectivity index (χ4v) is 7.07. The average Bonchev–Trinajstić information content (AvgIpc) is 3.63. The van der Waals surface area contributed by atoms with E-state index >= 15 is 0 Å². The number of rotatable bonds is 5. The maximum atomic E-state index is 14.5. The lowest BCUT2D eigenvalue weighted by Gasteiger charge is -2.40. The molecular weight excluding hydrogens is 496 g/mol. The topological polar surface area (TPSA) is 89.5 Å². The van der Waals surface area contributed by atoms with Crippen molar-refractivity contribution in [1.29, 1.82) is 0 Å². The van der Waals surface area contributed by atoms with Gasteiger partial charge in [-0.05, 0) is 36.1 Å². The largest absolute Gasteiger partial charge is 0.497 e. The van der Waals surface area contributed by atoms with Crippen molar-refractivity contribution in [2.24, 2.45) is 0 Å². The van der Waals surface area contributed by atoms with Gasteiger partial charge in [0.05, 0.1) is 43.6 Å². The van der Waals surface area contributed by atoms with Gasteiger partial charge in [-0.25, -0.2) is 0 Å². The highest BCUT2D eigenvalue weighted by Gasteiger charge is 2.72. The van der Waals surface area contributed by atoms with Gasteiger partial charge in [0.2, 0.25) is 0 Å². The van der Waals surface area contributed by atoms with E-state index in [2.05, 4.69) is 5.32 Å². The van der Waals surface area contributed by atoms with Crippen molar-refractivity contribution in [2.75, 3.05) is 27.9 Å². The van der Waals surface area contributed by atoms with Crippen molar-refractivity contribution in [1.82, 2.24) is 10.2 Å². The predicted octanol–water partition coefficient (Wildman–Crippen LogP) is 3.47. The highest BCUT2D eigenvalue weighted by Crippen LogP contribution is 2.65. The summed E-state index contributed by atoms with van der Waals surface area (Å²) in [5, 5.41) is 16.6.